The first kappa shape index (κ1) is 31.3. The maximum Gasteiger partial charge on any atom is 0.137 e. The third-order valence-electron chi connectivity index (χ3n) is 12.6. The Kier molecular flexibility index (Phi) is 6.50. The molecule has 0 bridgehead atoms. The predicted molar refractivity (Wildman–Crippen MR) is 240 cm³/mol. The van der Waals surface area contributed by atoms with Crippen molar-refractivity contribution in [3.05, 3.63) is 187 Å². The fourth-order valence-corrected chi connectivity index (χ4v) is 11.2. The third-order valence-corrected chi connectivity index (χ3v) is 13.7. The summed E-state index contributed by atoms with van der Waals surface area (Å²) in [7, 11) is 0. The van der Waals surface area contributed by atoms with Crippen molar-refractivity contribution >= 4 is 80.5 Å². The number of rotatable bonds is 3. The molecule has 1 atom stereocenters. The zero-order valence-corrected chi connectivity index (χ0v) is 31.7. The molecule has 0 N–H and O–H groups in total. The minimum absolute atomic E-state index is 0.0119. The van der Waals surface area contributed by atoms with Crippen molar-refractivity contribution in [1.82, 2.24) is 14.4 Å². The van der Waals surface area contributed by atoms with Crippen molar-refractivity contribution in [3.8, 4) is 33.5 Å². The van der Waals surface area contributed by atoms with Gasteiger partial charge in [-0.25, -0.2) is 9.97 Å². The van der Waals surface area contributed by atoms with Crippen LogP contribution in [0, 0.1) is 0 Å². The fourth-order valence-electron chi connectivity index (χ4n) is 10.1. The highest BCUT2D eigenvalue weighted by atomic mass is 32.1. The van der Waals surface area contributed by atoms with E-state index in [0.717, 1.165) is 40.1 Å². The molecule has 266 valence electrons. The summed E-state index contributed by atoms with van der Waals surface area (Å²) in [4.78, 5) is 11.2. The first-order valence-corrected chi connectivity index (χ1v) is 20.7. The first-order chi connectivity index (χ1) is 28.3. The molecule has 4 heteroatoms. The number of fused-ring (bicyclic) bond motifs is 15. The summed E-state index contributed by atoms with van der Waals surface area (Å²) < 4.78 is 4.91. The highest BCUT2D eigenvalue weighted by Gasteiger charge is 2.31. The molecule has 4 aromatic heterocycles. The smallest absolute Gasteiger partial charge is 0.137 e. The summed E-state index contributed by atoms with van der Waals surface area (Å²) in [6, 6.07) is 62.3. The SMILES string of the molecule is c1ccc(-c2ccc(-c3nc(C4CCc5cc6c7ccccc7n7c8ccc9ccccc9c8c(c5-c5ccccc54)c67)nc4c3sc3ccccc34)cc2)cc1. The van der Waals surface area contributed by atoms with Crippen molar-refractivity contribution in [1.29, 1.82) is 0 Å². The molecule has 13 rings (SSSR count). The van der Waals surface area contributed by atoms with E-state index in [-0.39, 0.29) is 5.92 Å². The maximum atomic E-state index is 5.61. The number of aromatic nitrogens is 3. The number of benzene rings is 8. The minimum Gasteiger partial charge on any atom is -0.308 e. The van der Waals surface area contributed by atoms with Crippen LogP contribution in [0.25, 0.3) is 103 Å². The highest BCUT2D eigenvalue weighted by Crippen LogP contribution is 2.51. The van der Waals surface area contributed by atoms with Crippen LogP contribution in [0.15, 0.2) is 170 Å². The van der Waals surface area contributed by atoms with E-state index in [0.29, 0.717) is 0 Å². The molecule has 0 spiro atoms. The summed E-state index contributed by atoms with van der Waals surface area (Å²) >= 11 is 1.80. The lowest BCUT2D eigenvalue weighted by Gasteiger charge is -2.18. The maximum absolute atomic E-state index is 5.61. The summed E-state index contributed by atoms with van der Waals surface area (Å²) in [5.41, 5.74) is 14.8. The van der Waals surface area contributed by atoms with Gasteiger partial charge in [0.25, 0.3) is 0 Å². The Hall–Kier alpha value is -6.88. The average molecular weight is 744 g/mol. The van der Waals surface area contributed by atoms with Gasteiger partial charge in [-0.2, -0.15) is 0 Å². The molecular weight excluding hydrogens is 711 g/mol. The molecule has 0 saturated carbocycles. The van der Waals surface area contributed by atoms with Crippen LogP contribution in [-0.4, -0.2) is 14.4 Å². The molecule has 3 nitrogen and oxygen atoms in total. The van der Waals surface area contributed by atoms with Crippen molar-refractivity contribution in [2.45, 2.75) is 18.8 Å². The number of hydrogen-bond donors (Lipinski definition) is 0. The molecule has 57 heavy (non-hydrogen) atoms. The largest absolute Gasteiger partial charge is 0.308 e. The Morgan fingerprint density at radius 3 is 2.16 bits per heavy atom. The zero-order chi connectivity index (χ0) is 37.2. The first-order valence-electron chi connectivity index (χ1n) is 19.8. The molecule has 0 radical (unpaired) electrons. The molecule has 4 heterocycles. The van der Waals surface area contributed by atoms with Gasteiger partial charge >= 0.3 is 0 Å². The summed E-state index contributed by atoms with van der Waals surface area (Å²) in [6.07, 6.45) is 1.83. The van der Waals surface area contributed by atoms with Crippen LogP contribution in [0.1, 0.15) is 29.3 Å². The third kappa shape index (κ3) is 4.42. The van der Waals surface area contributed by atoms with Crippen molar-refractivity contribution in [3.63, 3.8) is 0 Å². The number of hydrogen-bond acceptors (Lipinski definition) is 3. The van der Waals surface area contributed by atoms with Gasteiger partial charge in [-0.05, 0) is 81.3 Å². The lowest BCUT2D eigenvalue weighted by molar-refractivity contribution is 0.685. The second-order valence-corrected chi connectivity index (χ2v) is 16.6. The molecule has 1 aliphatic rings. The van der Waals surface area contributed by atoms with Crippen LogP contribution >= 0.6 is 11.3 Å². The van der Waals surface area contributed by atoms with Gasteiger partial charge in [-0.15, -0.1) is 11.3 Å². The van der Waals surface area contributed by atoms with Gasteiger partial charge < -0.3 is 4.40 Å². The topological polar surface area (TPSA) is 30.2 Å². The average Bonchev–Trinajstić information content (AvgIpc) is 3.90. The van der Waals surface area contributed by atoms with E-state index in [1.165, 1.54) is 92.3 Å². The Balaban J connectivity index is 1.08. The Labute approximate surface area is 332 Å². The van der Waals surface area contributed by atoms with Crippen LogP contribution < -0.4 is 0 Å². The Morgan fingerprint density at radius 1 is 0.544 bits per heavy atom. The lowest BCUT2D eigenvalue weighted by atomic mass is 9.88. The molecular formula is C53H33N3S. The zero-order valence-electron chi connectivity index (χ0n) is 30.9. The molecule has 8 aromatic carbocycles. The van der Waals surface area contributed by atoms with E-state index in [4.69, 9.17) is 9.97 Å². The second-order valence-electron chi connectivity index (χ2n) is 15.5. The van der Waals surface area contributed by atoms with Crippen molar-refractivity contribution in [2.75, 3.05) is 0 Å². The van der Waals surface area contributed by atoms with Gasteiger partial charge in [0.05, 0.1) is 32.5 Å². The van der Waals surface area contributed by atoms with E-state index in [1.807, 2.05) is 0 Å². The van der Waals surface area contributed by atoms with Gasteiger partial charge in [-0.3, -0.25) is 0 Å². The number of para-hydroxylation sites is 1. The molecule has 1 unspecified atom stereocenters. The number of aryl methyl sites for hydroxylation is 1. The van der Waals surface area contributed by atoms with Crippen LogP contribution in [0.2, 0.25) is 0 Å². The Morgan fingerprint density at radius 2 is 1.26 bits per heavy atom. The van der Waals surface area contributed by atoms with E-state index < -0.39 is 0 Å². The van der Waals surface area contributed by atoms with E-state index in [1.54, 1.807) is 11.3 Å². The molecule has 0 amide bonds. The summed E-state index contributed by atoms with van der Waals surface area (Å²) in [6.45, 7) is 0. The number of nitrogens with zero attached hydrogens (tertiary/aromatic N) is 3. The van der Waals surface area contributed by atoms with Crippen molar-refractivity contribution < 1.29 is 0 Å². The molecule has 0 fully saturated rings. The molecule has 12 aromatic rings. The van der Waals surface area contributed by atoms with Gasteiger partial charge in [-0.1, -0.05) is 146 Å². The van der Waals surface area contributed by atoms with Gasteiger partial charge in [0.15, 0.2) is 0 Å². The van der Waals surface area contributed by atoms with Crippen LogP contribution in [-0.2, 0) is 6.42 Å². The van der Waals surface area contributed by atoms with Crippen LogP contribution in [0.3, 0.4) is 0 Å². The van der Waals surface area contributed by atoms with Gasteiger partial charge in [0, 0.05) is 43.1 Å². The highest BCUT2D eigenvalue weighted by molar-refractivity contribution is 7.26. The minimum atomic E-state index is 0.0119. The monoisotopic (exact) mass is 743 g/mol. The number of thiophene rings is 1. The second kappa shape index (κ2) is 11.8. The Bertz CT molecular complexity index is 3580. The lowest BCUT2D eigenvalue weighted by Crippen LogP contribution is -2.08. The van der Waals surface area contributed by atoms with Gasteiger partial charge in [0.2, 0.25) is 0 Å². The quantitative estimate of drug-likeness (QED) is 0.180. The van der Waals surface area contributed by atoms with Crippen LogP contribution in [0.5, 0.6) is 0 Å². The van der Waals surface area contributed by atoms with E-state index >= 15 is 0 Å². The molecule has 1 aliphatic carbocycles. The van der Waals surface area contributed by atoms with E-state index in [9.17, 15) is 0 Å². The van der Waals surface area contributed by atoms with Crippen LogP contribution in [0.4, 0.5) is 0 Å². The molecule has 0 aliphatic heterocycles. The van der Waals surface area contributed by atoms with Gasteiger partial charge in [0.1, 0.15) is 5.82 Å². The van der Waals surface area contributed by atoms with E-state index in [2.05, 4.69) is 174 Å². The molecule has 0 saturated heterocycles. The van der Waals surface area contributed by atoms with Crippen molar-refractivity contribution in [2.24, 2.45) is 0 Å². The standard InChI is InChI=1S/C53H33N3S/c1-2-12-31(13-3-1)32-22-24-34(25-23-32)49-52-50(41-19-9-11-21-45(41)57-52)55-53(54-49)40-28-26-35-30-42-38-17-8-10-20-43(38)56-44-29-27-33-14-4-5-15-36(33)47(44)48(51(42)56)46(35)39-18-7-6-16-37(39)40/h1-25,27,29-30,40H,26,28H2. The predicted octanol–water partition coefficient (Wildman–Crippen LogP) is 14.2. The summed E-state index contributed by atoms with van der Waals surface area (Å²) in [5, 5.41) is 9.11. The normalized spacial score (nSPS) is 14.4. The summed E-state index contributed by atoms with van der Waals surface area (Å²) in [5.74, 6) is 0.910. The fraction of sp³-hybridized carbons (Fsp3) is 0.0566.